The van der Waals surface area contributed by atoms with Gasteiger partial charge >= 0.3 is 0 Å². The first-order valence-corrected chi connectivity index (χ1v) is 39.0. The second-order valence-electron chi connectivity index (χ2n) is 31.0. The number of carbonyl (C=O) groups excluding carboxylic acids is 4. The SMILES string of the molecule is CC(=O)N[C@@H]1[C@H](O[C@@H]2[C@@H](O[C@@H]3[C@H](O)[C@H](O[C@H]4[C@H](O)[C@@H](NC(C)=O)[C@H](O[C@H]5[C@H](O)[C@@H](NC(C)=O)[C@H](O)O[C@@H]5CO[C@H]5O[C@@H](C)[C@@H](O)[C@@H](O)[C@@H]5O)O[C@@H]4CO)O[C@H](CO[C@H]4O[C@H](CO)[C@@H](O)[C@H](O)[C@@H]4O[C@@H]4O[C@H](CO)[C@@H](O[C@@H]5O[C@H](CO)[C@H](O)[C@H](O)[C@H]5O)[C@H](O)[C@H]4NC(C)=O)[C@H]3O)O[C@H](CO)[C@@H](O)[C@@H]2O)O[C@H](CO)[C@@H](O[C@@H]2O[C@H](CO)[C@H](O)[C@H](O)[C@H]2O)[C@@H]1O. The van der Waals surface area contributed by atoms with Crippen LogP contribution in [0.1, 0.15) is 34.6 Å². The van der Waals surface area contributed by atoms with Crippen molar-refractivity contribution >= 4 is 23.6 Å². The molecule has 10 fully saturated rings. The number of nitrogens with one attached hydrogen (secondary N) is 4. The molecule has 31 N–H and O–H groups in total. The maximum Gasteiger partial charge on any atom is 0.217 e. The predicted molar refractivity (Wildman–Crippen MR) is 375 cm³/mol. The van der Waals surface area contributed by atoms with E-state index in [1.54, 1.807) is 0 Å². The quantitative estimate of drug-likeness (QED) is 0.0306. The number of aliphatic hydroxyl groups is 27. The summed E-state index contributed by atoms with van der Waals surface area (Å²) in [4.78, 5) is 51.6. The van der Waals surface area contributed by atoms with Crippen LogP contribution < -0.4 is 21.3 Å². The van der Waals surface area contributed by atoms with Crippen LogP contribution in [0.15, 0.2) is 0 Å². The van der Waals surface area contributed by atoms with Crippen molar-refractivity contribution < 1.29 is 247 Å². The van der Waals surface area contributed by atoms with E-state index in [1.165, 1.54) is 6.92 Å². The van der Waals surface area contributed by atoms with Gasteiger partial charge in [-0.15, -0.1) is 0 Å². The number of aliphatic hydroxyl groups excluding tert-OH is 27. The molecule has 4 amide bonds. The summed E-state index contributed by atoms with van der Waals surface area (Å²) < 4.78 is 113. The standard InChI is InChI=1S/C68H114N4O50/c1-15-33(84)43(94)48(99)63(106-15)104-14-28-55(39(90)29(59(103)107-28)69-16(2)80)116-60-30(70-17(3)81)40(91)54(26(12-79)112-60)119-66-51(102)56(120-68-58(47(98)37(88)23(9-76)111-68)122-62-32(72-19(5)83)42(93)53(25(11-78)114-62)118-65-50(101)45(96)35(86)21(7-74)109-65)38(89)27(115-66)13-105-67-57(46(97)36(87)22(8-75)110-67)121-61-31(71-18(4)82)41(92)52(24(10-77)113-61)117-64-49(100)44(95)34(85)20(6-73)108-64/h15,20-68,73-79,84-103H,6-14H2,1-5H3,(H,69,80)(H,70,81)(H,71,82)(H,72,83)/t15-,20+,21+,22+,23+,24+,25+,26+,27+,28+,29+,30+,31+,32-,33+,34-,35-,36+,37+,38+,39+,40+,41+,42+,43+,44-,45-,46-,47-,48-,49+,50+,51-,52+,53+,54+,55+,56-,57-,58-,59+,60-,61-,62-,63-,64-,65-,66-,67-,68+/m0/s1. The van der Waals surface area contributed by atoms with Gasteiger partial charge in [-0.25, -0.2) is 0 Å². The van der Waals surface area contributed by atoms with Crippen molar-refractivity contribution in [3.63, 3.8) is 0 Å². The molecule has 0 aromatic heterocycles. The molecule has 10 aliphatic heterocycles. The van der Waals surface area contributed by atoms with Gasteiger partial charge in [0.1, 0.15) is 238 Å². The summed E-state index contributed by atoms with van der Waals surface area (Å²) in [7, 11) is 0. The second-order valence-corrected chi connectivity index (χ2v) is 31.0. The number of hydrogen-bond donors (Lipinski definition) is 31. The topological polar surface area (TPSA) is 838 Å². The molecular formula is C68H114N4O50. The van der Waals surface area contributed by atoms with Crippen LogP contribution in [-0.4, -0.2) is 528 Å². The fraction of sp³-hybridized carbons (Fsp3) is 0.941. The van der Waals surface area contributed by atoms with Gasteiger partial charge in [-0.3, -0.25) is 19.2 Å². The van der Waals surface area contributed by atoms with Gasteiger partial charge in [0, 0.05) is 27.7 Å². The van der Waals surface area contributed by atoms with Gasteiger partial charge < -0.3 is 249 Å². The Kier molecular flexibility index (Phi) is 35.8. The molecule has 0 aromatic rings. The van der Waals surface area contributed by atoms with Crippen molar-refractivity contribution in [1.82, 2.24) is 21.3 Å². The van der Waals surface area contributed by atoms with Crippen molar-refractivity contribution in [3.8, 4) is 0 Å². The number of hydrogen-bond acceptors (Lipinski definition) is 50. The number of rotatable bonds is 31. The summed E-state index contributed by atoms with van der Waals surface area (Å²) in [6.45, 7) is -4.83. The zero-order chi connectivity index (χ0) is 89.8. The lowest BCUT2D eigenvalue weighted by Gasteiger charge is -2.51. The molecule has 10 rings (SSSR count). The summed E-state index contributed by atoms with van der Waals surface area (Å²) in [6.07, 6.45) is -95.2. The van der Waals surface area contributed by atoms with E-state index in [-0.39, 0.29) is 0 Å². The molecule has 706 valence electrons. The number of ether oxygens (including phenoxy) is 19. The van der Waals surface area contributed by atoms with Crippen molar-refractivity contribution in [2.24, 2.45) is 0 Å². The number of amides is 4. The molecule has 0 unspecified atom stereocenters. The minimum atomic E-state index is -2.63. The summed E-state index contributed by atoms with van der Waals surface area (Å²) >= 11 is 0. The van der Waals surface area contributed by atoms with Crippen molar-refractivity contribution in [2.45, 2.75) is 341 Å². The first kappa shape index (κ1) is 100. The van der Waals surface area contributed by atoms with Crippen LogP contribution in [-0.2, 0) is 109 Å². The van der Waals surface area contributed by atoms with Gasteiger partial charge in [-0.1, -0.05) is 0 Å². The average molecular weight is 1790 g/mol. The van der Waals surface area contributed by atoms with Crippen molar-refractivity contribution in [1.29, 1.82) is 0 Å². The minimum Gasteiger partial charge on any atom is -0.394 e. The zero-order valence-electron chi connectivity index (χ0n) is 65.7. The molecule has 10 heterocycles. The largest absolute Gasteiger partial charge is 0.394 e. The highest BCUT2D eigenvalue weighted by Crippen LogP contribution is 2.41. The van der Waals surface area contributed by atoms with Crippen LogP contribution in [0, 0.1) is 0 Å². The Bertz CT molecular complexity index is 3290. The smallest absolute Gasteiger partial charge is 0.217 e. The van der Waals surface area contributed by atoms with Crippen LogP contribution in [0.25, 0.3) is 0 Å². The third-order valence-electron chi connectivity index (χ3n) is 22.4. The predicted octanol–water partition coefficient (Wildman–Crippen LogP) is -21.2. The molecule has 0 aromatic carbocycles. The highest BCUT2D eigenvalue weighted by molar-refractivity contribution is 5.74. The molecule has 122 heavy (non-hydrogen) atoms. The molecule has 50 atom stereocenters. The van der Waals surface area contributed by atoms with Gasteiger partial charge in [-0.2, -0.15) is 0 Å². The minimum absolute atomic E-state index is 0.846. The highest BCUT2D eigenvalue weighted by Gasteiger charge is 2.62. The van der Waals surface area contributed by atoms with Crippen molar-refractivity contribution in [2.75, 3.05) is 59.5 Å². The molecule has 0 spiro atoms. The fourth-order valence-corrected chi connectivity index (χ4v) is 15.8. The maximum atomic E-state index is 13.3. The van der Waals surface area contributed by atoms with Crippen LogP contribution in [0.4, 0.5) is 0 Å². The van der Waals surface area contributed by atoms with E-state index >= 15 is 0 Å². The Hall–Kier alpha value is -3.96. The van der Waals surface area contributed by atoms with Crippen LogP contribution in [0.3, 0.4) is 0 Å². The monoisotopic (exact) mass is 1790 g/mol. The first-order chi connectivity index (χ1) is 57.7. The van der Waals surface area contributed by atoms with E-state index in [9.17, 15) is 157 Å². The van der Waals surface area contributed by atoms with Gasteiger partial charge in [0.2, 0.25) is 23.6 Å². The Balaban J connectivity index is 0.983. The van der Waals surface area contributed by atoms with Crippen molar-refractivity contribution in [3.05, 3.63) is 0 Å². The third kappa shape index (κ3) is 22.0. The van der Waals surface area contributed by atoms with Gasteiger partial charge in [0.25, 0.3) is 0 Å². The summed E-state index contributed by atoms with van der Waals surface area (Å²) in [5.41, 5.74) is 0. The molecule has 0 aliphatic carbocycles. The van der Waals surface area contributed by atoms with E-state index in [1.807, 2.05) is 0 Å². The number of carbonyl (C=O) groups is 4. The Labute approximate surface area is 691 Å². The molecule has 54 heteroatoms. The molecule has 0 radical (unpaired) electrons. The molecular weight excluding hydrogens is 1670 g/mol. The first-order valence-electron chi connectivity index (χ1n) is 39.0. The summed E-state index contributed by atoms with van der Waals surface area (Å²) in [5.74, 6) is -3.76. The lowest BCUT2D eigenvalue weighted by molar-refractivity contribution is -0.399. The van der Waals surface area contributed by atoms with E-state index in [0.29, 0.717) is 0 Å². The van der Waals surface area contributed by atoms with Gasteiger partial charge in [0.15, 0.2) is 62.9 Å². The lowest BCUT2D eigenvalue weighted by atomic mass is 9.93. The molecule has 0 bridgehead atoms. The normalized spacial score (nSPS) is 49.7. The van der Waals surface area contributed by atoms with E-state index in [2.05, 4.69) is 21.3 Å². The third-order valence-corrected chi connectivity index (χ3v) is 22.4. The van der Waals surface area contributed by atoms with E-state index in [0.717, 1.165) is 27.7 Å². The summed E-state index contributed by atoms with van der Waals surface area (Å²) in [6, 6.07) is -7.69. The van der Waals surface area contributed by atoms with Crippen LogP contribution >= 0.6 is 0 Å². The zero-order valence-corrected chi connectivity index (χ0v) is 65.7. The van der Waals surface area contributed by atoms with Gasteiger partial charge in [-0.05, 0) is 6.92 Å². The Morgan fingerprint density at radius 3 is 0.893 bits per heavy atom. The Morgan fingerprint density at radius 1 is 0.230 bits per heavy atom. The fourth-order valence-electron chi connectivity index (χ4n) is 15.8. The molecule has 10 saturated heterocycles. The van der Waals surface area contributed by atoms with Gasteiger partial charge in [0.05, 0.1) is 65.6 Å². The molecule has 0 saturated carbocycles. The van der Waals surface area contributed by atoms with E-state index in [4.69, 9.17) is 90.0 Å². The van der Waals surface area contributed by atoms with E-state index < -0.39 is 390 Å². The summed E-state index contributed by atoms with van der Waals surface area (Å²) in [5, 5.41) is 310. The second kappa shape index (κ2) is 43.6. The molecule has 54 nitrogen and oxygen atoms in total. The average Bonchev–Trinajstić information content (AvgIpc) is 0.775. The highest BCUT2D eigenvalue weighted by atomic mass is 16.8. The molecule has 10 aliphatic rings. The lowest BCUT2D eigenvalue weighted by Crippen LogP contribution is -2.71. The van der Waals surface area contributed by atoms with Crippen LogP contribution in [0.2, 0.25) is 0 Å². The maximum absolute atomic E-state index is 13.3. The Morgan fingerprint density at radius 2 is 0.500 bits per heavy atom. The van der Waals surface area contributed by atoms with Crippen LogP contribution in [0.5, 0.6) is 0 Å².